The summed E-state index contributed by atoms with van der Waals surface area (Å²) in [4.78, 5) is 9.77. The zero-order valence-corrected chi connectivity index (χ0v) is 37.0. The Balaban J connectivity index is 1.14. The molecule has 0 fully saturated rings. The molecule has 0 amide bonds. The summed E-state index contributed by atoms with van der Waals surface area (Å²) in [6, 6.07) is 54.4. The van der Waals surface area contributed by atoms with Crippen LogP contribution in [0.3, 0.4) is 0 Å². The number of fused-ring (bicyclic) bond motifs is 3. The van der Waals surface area contributed by atoms with Crippen molar-refractivity contribution in [2.45, 2.75) is 73.1 Å². The van der Waals surface area contributed by atoms with Gasteiger partial charge < -0.3 is 14.5 Å². The molecule has 0 unspecified atom stereocenters. The van der Waals surface area contributed by atoms with Crippen molar-refractivity contribution in [1.82, 2.24) is 9.55 Å². The van der Waals surface area contributed by atoms with Crippen LogP contribution in [0, 0.1) is 5.41 Å². The van der Waals surface area contributed by atoms with Crippen LogP contribution in [0.4, 0.5) is 11.4 Å². The molecule has 61 heavy (non-hydrogen) atoms. The van der Waals surface area contributed by atoms with Gasteiger partial charge in [0.15, 0.2) is 0 Å². The van der Waals surface area contributed by atoms with Crippen LogP contribution >= 0.6 is 0 Å². The molecule has 5 nitrogen and oxygen atoms in total. The molecule has 306 valence electrons. The fourth-order valence-electron chi connectivity index (χ4n) is 8.47. The van der Waals surface area contributed by atoms with Gasteiger partial charge >= 0.3 is 0 Å². The Morgan fingerprint density at radius 2 is 1.10 bits per heavy atom. The third-order valence-corrected chi connectivity index (χ3v) is 11.9. The summed E-state index contributed by atoms with van der Waals surface area (Å²) in [5, 5.41) is 2.34. The molecular formula is C56H56N4O. The third kappa shape index (κ3) is 7.93. The Morgan fingerprint density at radius 3 is 1.77 bits per heavy atom. The van der Waals surface area contributed by atoms with E-state index in [1.54, 1.807) is 0 Å². The quantitative estimate of drug-likeness (QED) is 0.161. The van der Waals surface area contributed by atoms with Crippen molar-refractivity contribution in [2.75, 3.05) is 16.5 Å². The zero-order chi connectivity index (χ0) is 42.7. The van der Waals surface area contributed by atoms with Crippen LogP contribution in [0.15, 0.2) is 170 Å². The standard InChI is InChI=1S/C56H56N4O/c1-54(2,3)42-26-27-57-53(33-42)60-50-23-17-16-22-48(50)49-25-24-46(35-51(49)60)61-47-31-41(39-20-14-11-15-21-39)29-44(34-47)58-36-52(56(7,8)9)59(37-58)45-30-40(38-18-12-10-13-19-38)28-43(32-45)55(4,5)6/h10-36H,37H2,1-9H3. The van der Waals surface area contributed by atoms with Crippen LogP contribution < -0.4 is 14.5 Å². The van der Waals surface area contributed by atoms with E-state index in [0.29, 0.717) is 6.67 Å². The van der Waals surface area contributed by atoms with E-state index in [2.05, 4.69) is 235 Å². The average molecular weight is 801 g/mol. The van der Waals surface area contributed by atoms with Gasteiger partial charge in [-0.1, -0.05) is 147 Å². The molecule has 5 heteroatoms. The first kappa shape index (κ1) is 39.8. The van der Waals surface area contributed by atoms with E-state index in [4.69, 9.17) is 9.72 Å². The van der Waals surface area contributed by atoms with Crippen molar-refractivity contribution >= 4 is 33.2 Å². The molecule has 0 bridgehead atoms. The van der Waals surface area contributed by atoms with Crippen molar-refractivity contribution in [3.05, 3.63) is 181 Å². The van der Waals surface area contributed by atoms with Gasteiger partial charge in [0.25, 0.3) is 0 Å². The van der Waals surface area contributed by atoms with E-state index in [-0.39, 0.29) is 16.2 Å². The maximum Gasteiger partial charge on any atom is 0.137 e. The molecule has 1 aliphatic heterocycles. The van der Waals surface area contributed by atoms with Gasteiger partial charge in [-0.2, -0.15) is 0 Å². The minimum Gasteiger partial charge on any atom is -0.457 e. The number of pyridine rings is 1. The lowest BCUT2D eigenvalue weighted by atomic mass is 9.84. The molecule has 0 saturated heterocycles. The Morgan fingerprint density at radius 1 is 0.475 bits per heavy atom. The number of nitrogens with zero attached hydrogens (tertiary/aromatic N) is 4. The topological polar surface area (TPSA) is 33.5 Å². The largest absolute Gasteiger partial charge is 0.457 e. The smallest absolute Gasteiger partial charge is 0.137 e. The number of rotatable bonds is 7. The molecule has 0 N–H and O–H groups in total. The normalized spacial score (nSPS) is 13.6. The lowest BCUT2D eigenvalue weighted by Gasteiger charge is -2.32. The van der Waals surface area contributed by atoms with Crippen LogP contribution in [0.5, 0.6) is 11.5 Å². The van der Waals surface area contributed by atoms with Crippen LogP contribution in [-0.2, 0) is 10.8 Å². The highest BCUT2D eigenvalue weighted by Crippen LogP contribution is 2.43. The van der Waals surface area contributed by atoms with E-state index in [1.165, 1.54) is 39.0 Å². The lowest BCUT2D eigenvalue weighted by molar-refractivity contribution is 0.483. The molecule has 6 aromatic carbocycles. The highest BCUT2D eigenvalue weighted by Gasteiger charge is 2.33. The van der Waals surface area contributed by atoms with E-state index >= 15 is 0 Å². The Bertz CT molecular complexity index is 2920. The number of allylic oxidation sites excluding steroid dienone is 1. The van der Waals surface area contributed by atoms with Crippen molar-refractivity contribution in [3.63, 3.8) is 0 Å². The summed E-state index contributed by atoms with van der Waals surface area (Å²) in [5.41, 5.74) is 12.8. The molecule has 3 heterocycles. The fraction of sp³-hybridized carbons (Fsp3) is 0.232. The maximum absolute atomic E-state index is 6.94. The number of benzene rings is 6. The zero-order valence-electron chi connectivity index (χ0n) is 37.0. The first-order chi connectivity index (χ1) is 29.1. The monoisotopic (exact) mass is 800 g/mol. The van der Waals surface area contributed by atoms with Crippen LogP contribution in [0.25, 0.3) is 49.9 Å². The predicted molar refractivity (Wildman–Crippen MR) is 257 cm³/mol. The molecule has 0 aliphatic carbocycles. The summed E-state index contributed by atoms with van der Waals surface area (Å²) in [6.45, 7) is 21.2. The summed E-state index contributed by atoms with van der Waals surface area (Å²) < 4.78 is 9.21. The minimum atomic E-state index is -0.120. The molecule has 8 aromatic rings. The molecular weight excluding hydrogens is 745 g/mol. The van der Waals surface area contributed by atoms with E-state index in [1.807, 2.05) is 6.20 Å². The second-order valence-electron chi connectivity index (χ2n) is 19.6. The minimum absolute atomic E-state index is 0.0109. The molecule has 0 saturated carbocycles. The van der Waals surface area contributed by atoms with Crippen molar-refractivity contribution < 1.29 is 4.74 Å². The van der Waals surface area contributed by atoms with Gasteiger partial charge in [0.2, 0.25) is 0 Å². The van der Waals surface area contributed by atoms with Gasteiger partial charge in [0, 0.05) is 57.8 Å². The summed E-state index contributed by atoms with van der Waals surface area (Å²) >= 11 is 0. The van der Waals surface area contributed by atoms with Crippen LogP contribution in [-0.4, -0.2) is 16.2 Å². The summed E-state index contributed by atoms with van der Waals surface area (Å²) in [6.07, 6.45) is 4.26. The highest BCUT2D eigenvalue weighted by molar-refractivity contribution is 6.09. The Kier molecular flexibility index (Phi) is 9.90. The van der Waals surface area contributed by atoms with Gasteiger partial charge in [-0.15, -0.1) is 0 Å². The van der Waals surface area contributed by atoms with Crippen LogP contribution in [0.2, 0.25) is 0 Å². The average Bonchev–Trinajstić information content (AvgIpc) is 3.85. The summed E-state index contributed by atoms with van der Waals surface area (Å²) in [5.74, 6) is 2.44. The number of hydrogen-bond donors (Lipinski definition) is 0. The molecule has 9 rings (SSSR count). The van der Waals surface area contributed by atoms with E-state index in [9.17, 15) is 0 Å². The number of anilines is 2. The van der Waals surface area contributed by atoms with Gasteiger partial charge in [-0.05, 0) is 98.8 Å². The van der Waals surface area contributed by atoms with E-state index in [0.717, 1.165) is 50.6 Å². The highest BCUT2D eigenvalue weighted by atomic mass is 16.5. The van der Waals surface area contributed by atoms with Gasteiger partial charge in [-0.3, -0.25) is 4.57 Å². The number of ether oxygens (including phenoxy) is 1. The first-order valence-electron chi connectivity index (χ1n) is 21.5. The van der Waals surface area contributed by atoms with Crippen molar-refractivity contribution in [2.24, 2.45) is 5.41 Å². The Hall–Kier alpha value is -6.59. The predicted octanol–water partition coefficient (Wildman–Crippen LogP) is 15.1. The van der Waals surface area contributed by atoms with Crippen molar-refractivity contribution in [3.8, 4) is 39.6 Å². The molecule has 0 atom stereocenters. The third-order valence-electron chi connectivity index (χ3n) is 11.9. The first-order valence-corrected chi connectivity index (χ1v) is 21.5. The number of aromatic nitrogens is 2. The number of para-hydroxylation sites is 1. The van der Waals surface area contributed by atoms with Gasteiger partial charge in [0.1, 0.15) is 17.3 Å². The second kappa shape index (κ2) is 15.1. The number of hydrogen-bond acceptors (Lipinski definition) is 4. The fourth-order valence-corrected chi connectivity index (χ4v) is 8.47. The summed E-state index contributed by atoms with van der Waals surface area (Å²) in [7, 11) is 0. The molecule has 0 radical (unpaired) electrons. The Labute approximate surface area is 361 Å². The molecule has 1 aliphatic rings. The van der Waals surface area contributed by atoms with Gasteiger partial charge in [0.05, 0.1) is 17.7 Å². The van der Waals surface area contributed by atoms with Gasteiger partial charge in [-0.25, -0.2) is 4.98 Å². The molecule has 2 aromatic heterocycles. The van der Waals surface area contributed by atoms with E-state index < -0.39 is 0 Å². The maximum atomic E-state index is 6.94. The SMILES string of the molecule is CC(C)(C)C1=CN(c2cc(Oc3ccc4c5ccccc5n(-c5cc(C(C)(C)C)ccn5)c4c3)cc(-c3ccccc3)c2)CN1c1cc(-c2ccccc2)cc(C(C)(C)C)c1. The van der Waals surface area contributed by atoms with Crippen molar-refractivity contribution in [1.29, 1.82) is 0 Å². The lowest BCUT2D eigenvalue weighted by Crippen LogP contribution is -2.31. The van der Waals surface area contributed by atoms with Crippen LogP contribution in [0.1, 0.15) is 73.4 Å². The second-order valence-corrected chi connectivity index (χ2v) is 19.6. The molecule has 0 spiro atoms.